The Balaban J connectivity index is 0.902. The molecule has 15 fully saturated rings. The number of ether oxygens (including phenoxy) is 2. The van der Waals surface area contributed by atoms with Crippen molar-refractivity contribution < 1.29 is 9.47 Å². The maximum Gasteiger partial charge on any atom is 0.0576 e. The van der Waals surface area contributed by atoms with E-state index in [9.17, 15) is 0 Å². The molecule has 15 saturated carbocycles. The smallest absolute Gasteiger partial charge is 0.0576 e. The first-order valence-electron chi connectivity index (χ1n) is 34.0. The molecule has 15 aliphatic carbocycles. The Morgan fingerprint density at radius 3 is 0.958 bits per heavy atom. The summed E-state index contributed by atoms with van der Waals surface area (Å²) in [6.45, 7) is 11.9. The summed E-state index contributed by atoms with van der Waals surface area (Å²) in [5.41, 5.74) is 1.39. The molecule has 8 unspecified atom stereocenters. The van der Waals surface area contributed by atoms with Gasteiger partial charge in [-0.15, -0.1) is 0 Å². The van der Waals surface area contributed by atoms with Crippen molar-refractivity contribution in [2.45, 2.75) is 320 Å². The molecule has 0 aromatic rings. The Hall–Kier alpha value is -0.160. The number of nitrogens with zero attached hydrogens (tertiary/aromatic N) is 2. The van der Waals surface area contributed by atoms with Crippen molar-refractivity contribution in [2.75, 3.05) is 13.2 Å². The van der Waals surface area contributed by atoms with Crippen LogP contribution in [0.3, 0.4) is 0 Å². The van der Waals surface area contributed by atoms with Gasteiger partial charge in [0.2, 0.25) is 0 Å². The van der Waals surface area contributed by atoms with Gasteiger partial charge in [-0.05, 0) is 325 Å². The minimum absolute atomic E-state index is 0.516. The normalized spacial score (nSPS) is 51.9. The second-order valence-electron chi connectivity index (χ2n) is 31.2. The number of unbranched alkanes of at least 4 members (excludes halogenated alkanes) is 2. The molecule has 15 aliphatic rings. The fraction of sp³-hybridized carbons (Fsp3) is 1.00. The maximum absolute atomic E-state index is 6.73. The molecule has 4 nitrogen and oxygen atoms in total. The van der Waals surface area contributed by atoms with Gasteiger partial charge in [-0.1, -0.05) is 40.5 Å². The Bertz CT molecular complexity index is 1550. The molecule has 8 atom stereocenters. The van der Waals surface area contributed by atoms with E-state index in [1.807, 2.05) is 0 Å². The van der Waals surface area contributed by atoms with Gasteiger partial charge in [0.1, 0.15) is 0 Å². The van der Waals surface area contributed by atoms with E-state index >= 15 is 0 Å². The van der Waals surface area contributed by atoms with E-state index in [1.54, 1.807) is 116 Å². The predicted octanol–water partition coefficient (Wildman–Crippen LogP) is 17.3. The van der Waals surface area contributed by atoms with Crippen LogP contribution in [0, 0.1) is 93.7 Å². The van der Waals surface area contributed by atoms with Crippen molar-refractivity contribution >= 4 is 0 Å². The fourth-order valence-electron chi connectivity index (χ4n) is 24.5. The lowest BCUT2D eigenvalue weighted by atomic mass is 9.41. The zero-order chi connectivity index (χ0) is 48.6. The maximum atomic E-state index is 6.73. The Kier molecular flexibility index (Phi) is 15.5. The van der Waals surface area contributed by atoms with Crippen LogP contribution in [0.4, 0.5) is 0 Å². The molecule has 0 saturated heterocycles. The third-order valence-corrected chi connectivity index (χ3v) is 26.9. The van der Waals surface area contributed by atoms with Crippen molar-refractivity contribution in [1.29, 1.82) is 0 Å². The summed E-state index contributed by atoms with van der Waals surface area (Å²) in [7, 11) is 0. The summed E-state index contributed by atoms with van der Waals surface area (Å²) in [5, 5.41) is 0. The third-order valence-electron chi connectivity index (χ3n) is 26.9. The largest absolute Gasteiger partial charge is 0.378 e. The molecule has 0 N–H and O–H groups in total. The summed E-state index contributed by atoms with van der Waals surface area (Å²) in [4.78, 5) is 7.19. The van der Waals surface area contributed by atoms with Gasteiger partial charge in [-0.2, -0.15) is 0 Å². The lowest BCUT2D eigenvalue weighted by molar-refractivity contribution is -0.186. The Labute approximate surface area is 444 Å². The minimum atomic E-state index is 0.516. The van der Waals surface area contributed by atoms with Gasteiger partial charge in [0, 0.05) is 49.5 Å². The van der Waals surface area contributed by atoms with Crippen LogP contribution < -0.4 is 0 Å². The molecule has 0 amide bonds. The Morgan fingerprint density at radius 1 is 0.347 bits per heavy atom. The van der Waals surface area contributed by atoms with Crippen LogP contribution in [0.25, 0.3) is 0 Å². The van der Waals surface area contributed by atoms with E-state index in [1.165, 1.54) is 128 Å². The van der Waals surface area contributed by atoms with Crippen LogP contribution in [0.2, 0.25) is 0 Å². The van der Waals surface area contributed by atoms with E-state index in [0.29, 0.717) is 23.0 Å². The van der Waals surface area contributed by atoms with Crippen molar-refractivity contribution in [3.05, 3.63) is 0 Å². The van der Waals surface area contributed by atoms with Crippen molar-refractivity contribution in [3.8, 4) is 0 Å². The minimum Gasteiger partial charge on any atom is -0.378 e. The lowest BCUT2D eigenvalue weighted by Gasteiger charge is -2.68. The molecule has 0 heterocycles. The summed E-state index contributed by atoms with van der Waals surface area (Å²) in [6.07, 6.45) is 58.0. The lowest BCUT2D eigenvalue weighted by Crippen LogP contribution is -2.70. The second-order valence-corrected chi connectivity index (χ2v) is 31.2. The van der Waals surface area contributed by atoms with Gasteiger partial charge in [0.05, 0.1) is 12.2 Å². The van der Waals surface area contributed by atoms with Crippen molar-refractivity contribution in [2.24, 2.45) is 93.7 Å². The summed E-state index contributed by atoms with van der Waals surface area (Å²) >= 11 is 0. The monoisotopic (exact) mass is 991 g/mol. The summed E-state index contributed by atoms with van der Waals surface area (Å²) in [5.74, 6) is 14.0. The quantitative estimate of drug-likeness (QED) is 0.144. The average molecular weight is 992 g/mol. The molecule has 408 valence electrons. The topological polar surface area (TPSA) is 24.9 Å². The van der Waals surface area contributed by atoms with E-state index in [2.05, 4.69) is 37.5 Å². The SMILES string of the molecule is CCCCOC1CCC(N(C2CCC(C)CC2)C2C3CCC(C45CC6CC(CC(C6)C4)C5)CC3C(N(C3CCC(C)CC3)C3CCC(OCCCC)CC3)C3CCC(C45CC6CC(CC(C6)C4)C5)CC32)CC1. The first-order chi connectivity index (χ1) is 35.2. The second kappa shape index (κ2) is 21.8. The van der Waals surface area contributed by atoms with Gasteiger partial charge >= 0.3 is 0 Å². The molecule has 0 radical (unpaired) electrons. The zero-order valence-corrected chi connectivity index (χ0v) is 47.7. The molecular weight excluding hydrogens is 877 g/mol. The molecule has 0 aliphatic heterocycles. The van der Waals surface area contributed by atoms with E-state index in [-0.39, 0.29) is 0 Å². The highest BCUT2D eigenvalue weighted by Crippen LogP contribution is 2.70. The standard InChI is InChI=1S/C68H114N2O2/c1-5-7-29-71-59-23-19-57(20-24-59)69(55-15-9-45(3)10-16-55)65-61-27-13-54(68-42-50-34-51(43-68)36-52(35-50)44-68)38-64(61)66(62-28-14-53(37-63(62)65)67-39-47-31-48(40-67)33-49(32-47)41-67)70(56-17-11-46(4)12-18-56)58-21-25-60(26-22-58)72-30-8-6-2/h45-66H,5-44H2,1-4H3. The molecule has 15 rings (SSSR count). The highest BCUT2D eigenvalue weighted by molar-refractivity contribution is 5.16. The van der Waals surface area contributed by atoms with Crippen molar-refractivity contribution in [3.63, 3.8) is 0 Å². The summed E-state index contributed by atoms with van der Waals surface area (Å²) in [6, 6.07) is 4.90. The van der Waals surface area contributed by atoms with Crippen LogP contribution in [0.1, 0.15) is 272 Å². The van der Waals surface area contributed by atoms with Crippen LogP contribution in [0.5, 0.6) is 0 Å². The predicted molar refractivity (Wildman–Crippen MR) is 298 cm³/mol. The van der Waals surface area contributed by atoms with Gasteiger partial charge < -0.3 is 9.47 Å². The van der Waals surface area contributed by atoms with Gasteiger partial charge in [-0.3, -0.25) is 9.80 Å². The molecule has 0 spiro atoms. The van der Waals surface area contributed by atoms with Crippen molar-refractivity contribution in [1.82, 2.24) is 9.80 Å². The molecule has 0 aromatic carbocycles. The van der Waals surface area contributed by atoms with Crippen LogP contribution in [0.15, 0.2) is 0 Å². The van der Waals surface area contributed by atoms with Gasteiger partial charge in [0.15, 0.2) is 0 Å². The van der Waals surface area contributed by atoms with E-state index < -0.39 is 0 Å². The molecule has 4 heteroatoms. The molecule has 8 bridgehead atoms. The number of rotatable bonds is 16. The molecule has 72 heavy (non-hydrogen) atoms. The highest BCUT2D eigenvalue weighted by atomic mass is 16.5. The van der Waals surface area contributed by atoms with Crippen LogP contribution >= 0.6 is 0 Å². The first-order valence-corrected chi connectivity index (χ1v) is 34.0. The van der Waals surface area contributed by atoms with Gasteiger partial charge in [0.25, 0.3) is 0 Å². The highest BCUT2D eigenvalue weighted by Gasteiger charge is 2.64. The molecular formula is C68H114N2O2. The van der Waals surface area contributed by atoms with Crippen LogP contribution in [-0.2, 0) is 9.47 Å². The van der Waals surface area contributed by atoms with Gasteiger partial charge in [-0.25, -0.2) is 0 Å². The Morgan fingerprint density at radius 2 is 0.653 bits per heavy atom. The fourth-order valence-corrected chi connectivity index (χ4v) is 24.5. The number of hydrogen-bond donors (Lipinski definition) is 0. The van der Waals surface area contributed by atoms with E-state index in [0.717, 1.165) is 132 Å². The third kappa shape index (κ3) is 10.0. The zero-order valence-electron chi connectivity index (χ0n) is 47.7. The number of fused-ring (bicyclic) bond motifs is 2. The molecule has 0 aromatic heterocycles. The number of hydrogen-bond acceptors (Lipinski definition) is 4. The summed E-state index contributed by atoms with van der Waals surface area (Å²) < 4.78 is 13.5. The van der Waals surface area contributed by atoms with E-state index in [4.69, 9.17) is 9.47 Å². The average Bonchev–Trinajstić information content (AvgIpc) is 3.38. The van der Waals surface area contributed by atoms with Crippen LogP contribution in [-0.4, -0.2) is 71.5 Å². The first kappa shape index (κ1) is 51.3.